The van der Waals surface area contributed by atoms with Crippen LogP contribution in [-0.4, -0.2) is 19.8 Å². The van der Waals surface area contributed by atoms with Crippen LogP contribution in [0.2, 0.25) is 0 Å². The number of aryl methyl sites for hydroxylation is 1. The van der Waals surface area contributed by atoms with Gasteiger partial charge in [-0.1, -0.05) is 22.9 Å². The highest BCUT2D eigenvalue weighted by Gasteiger charge is 2.33. The van der Waals surface area contributed by atoms with E-state index in [1.165, 1.54) is 0 Å². The molecule has 3 nitrogen and oxygen atoms in total. The average Bonchev–Trinajstić information content (AvgIpc) is 2.88. The number of hydrogen-bond acceptors (Lipinski definition) is 3. The molecular weight excluding hydrogens is 306 g/mol. The van der Waals surface area contributed by atoms with E-state index >= 15 is 0 Å². The fourth-order valence-electron chi connectivity index (χ4n) is 2.83. The summed E-state index contributed by atoms with van der Waals surface area (Å²) in [7, 11) is 1.70. The Bertz CT molecular complexity index is 450. The monoisotopic (exact) mass is 327 g/mol. The Morgan fingerprint density at radius 1 is 1.53 bits per heavy atom. The Hall–Kier alpha value is -0.580. The first-order valence-electron chi connectivity index (χ1n) is 6.79. The van der Waals surface area contributed by atoms with Crippen LogP contribution in [0.5, 0.6) is 5.75 Å². The Balaban J connectivity index is 2.32. The summed E-state index contributed by atoms with van der Waals surface area (Å²) in [6.45, 7) is 5.01. The van der Waals surface area contributed by atoms with Crippen molar-refractivity contribution in [3.05, 3.63) is 27.7 Å². The van der Waals surface area contributed by atoms with Gasteiger partial charge in [0.15, 0.2) is 0 Å². The van der Waals surface area contributed by atoms with Crippen molar-refractivity contribution in [2.24, 2.45) is 11.7 Å². The minimum atomic E-state index is -0.0423. The third-order valence-corrected chi connectivity index (χ3v) is 4.85. The van der Waals surface area contributed by atoms with Crippen molar-refractivity contribution in [2.75, 3.05) is 13.7 Å². The van der Waals surface area contributed by atoms with Crippen molar-refractivity contribution in [3.8, 4) is 5.75 Å². The van der Waals surface area contributed by atoms with Crippen LogP contribution in [0.25, 0.3) is 0 Å². The molecule has 0 spiro atoms. The predicted molar refractivity (Wildman–Crippen MR) is 80.5 cm³/mol. The zero-order valence-electron chi connectivity index (χ0n) is 11.8. The SMILES string of the molecule is CCC1OCCC1C(N)c1cc(Br)c(C)cc1OC. The summed E-state index contributed by atoms with van der Waals surface area (Å²) in [5.74, 6) is 1.24. The molecule has 1 aliphatic rings. The zero-order valence-corrected chi connectivity index (χ0v) is 13.4. The van der Waals surface area contributed by atoms with Gasteiger partial charge >= 0.3 is 0 Å². The number of halogens is 1. The molecule has 3 atom stereocenters. The van der Waals surface area contributed by atoms with Crippen LogP contribution >= 0.6 is 15.9 Å². The molecule has 2 N–H and O–H groups in total. The number of benzene rings is 1. The molecule has 1 aromatic carbocycles. The summed E-state index contributed by atoms with van der Waals surface area (Å²) in [6.07, 6.45) is 2.29. The van der Waals surface area contributed by atoms with Crippen molar-refractivity contribution in [1.82, 2.24) is 0 Å². The largest absolute Gasteiger partial charge is 0.496 e. The lowest BCUT2D eigenvalue weighted by Gasteiger charge is -2.26. The second-order valence-corrected chi connectivity index (χ2v) is 5.99. The van der Waals surface area contributed by atoms with Gasteiger partial charge in [-0.05, 0) is 37.5 Å². The topological polar surface area (TPSA) is 44.5 Å². The van der Waals surface area contributed by atoms with Gasteiger partial charge in [0.1, 0.15) is 5.75 Å². The minimum Gasteiger partial charge on any atom is -0.496 e. The first kappa shape index (κ1) is 14.8. The highest BCUT2D eigenvalue weighted by atomic mass is 79.9. The molecule has 0 radical (unpaired) electrons. The molecule has 0 aromatic heterocycles. The maximum absolute atomic E-state index is 6.48. The van der Waals surface area contributed by atoms with Crippen LogP contribution in [0, 0.1) is 12.8 Å². The Morgan fingerprint density at radius 2 is 2.26 bits per heavy atom. The van der Waals surface area contributed by atoms with E-state index in [1.807, 2.05) is 6.07 Å². The number of rotatable bonds is 4. The van der Waals surface area contributed by atoms with Crippen molar-refractivity contribution in [2.45, 2.75) is 38.8 Å². The molecule has 2 rings (SSSR count). The molecular formula is C15H22BrNO2. The van der Waals surface area contributed by atoms with Crippen molar-refractivity contribution < 1.29 is 9.47 Å². The molecule has 19 heavy (non-hydrogen) atoms. The van der Waals surface area contributed by atoms with E-state index in [-0.39, 0.29) is 12.1 Å². The lowest BCUT2D eigenvalue weighted by molar-refractivity contribution is 0.0811. The first-order chi connectivity index (χ1) is 9.08. The molecule has 1 saturated heterocycles. The maximum Gasteiger partial charge on any atom is 0.123 e. The van der Waals surface area contributed by atoms with E-state index in [2.05, 4.69) is 35.8 Å². The third kappa shape index (κ3) is 2.96. The van der Waals surface area contributed by atoms with E-state index in [1.54, 1.807) is 7.11 Å². The van der Waals surface area contributed by atoms with Gasteiger partial charge in [0.25, 0.3) is 0 Å². The molecule has 4 heteroatoms. The molecule has 3 unspecified atom stereocenters. The van der Waals surface area contributed by atoms with Gasteiger partial charge in [-0.15, -0.1) is 0 Å². The summed E-state index contributed by atoms with van der Waals surface area (Å²) in [4.78, 5) is 0. The van der Waals surface area contributed by atoms with E-state index < -0.39 is 0 Å². The molecule has 0 saturated carbocycles. The third-order valence-electron chi connectivity index (χ3n) is 3.99. The standard InChI is InChI=1S/C15H22BrNO2/c1-4-13-10(5-6-19-13)15(17)11-8-12(16)9(2)7-14(11)18-3/h7-8,10,13,15H,4-6,17H2,1-3H3. The number of ether oxygens (including phenoxy) is 2. The predicted octanol–water partition coefficient (Wildman–Crippen LogP) is 3.58. The average molecular weight is 328 g/mol. The smallest absolute Gasteiger partial charge is 0.123 e. The molecule has 1 aromatic rings. The van der Waals surface area contributed by atoms with Crippen LogP contribution in [0.4, 0.5) is 0 Å². The molecule has 106 valence electrons. The van der Waals surface area contributed by atoms with E-state index in [0.29, 0.717) is 5.92 Å². The maximum atomic E-state index is 6.48. The lowest BCUT2D eigenvalue weighted by atomic mass is 9.86. The van der Waals surface area contributed by atoms with Gasteiger partial charge in [0.05, 0.1) is 13.2 Å². The van der Waals surface area contributed by atoms with Gasteiger partial charge in [0.2, 0.25) is 0 Å². The van der Waals surface area contributed by atoms with Crippen LogP contribution in [0.1, 0.15) is 36.9 Å². The van der Waals surface area contributed by atoms with E-state index in [4.69, 9.17) is 15.2 Å². The quantitative estimate of drug-likeness (QED) is 0.919. The first-order valence-corrected chi connectivity index (χ1v) is 7.59. The molecule has 1 fully saturated rings. The van der Waals surface area contributed by atoms with Crippen molar-refractivity contribution >= 4 is 15.9 Å². The highest BCUT2D eigenvalue weighted by Crippen LogP contribution is 2.38. The highest BCUT2D eigenvalue weighted by molar-refractivity contribution is 9.10. The van der Waals surface area contributed by atoms with E-state index in [9.17, 15) is 0 Å². The summed E-state index contributed by atoms with van der Waals surface area (Å²) in [6, 6.07) is 4.08. The van der Waals surface area contributed by atoms with Crippen LogP contribution in [-0.2, 0) is 4.74 Å². The van der Waals surface area contributed by atoms with Crippen molar-refractivity contribution in [1.29, 1.82) is 0 Å². The van der Waals surface area contributed by atoms with Crippen LogP contribution in [0.15, 0.2) is 16.6 Å². The minimum absolute atomic E-state index is 0.0423. The molecule has 0 amide bonds. The van der Waals surface area contributed by atoms with Crippen molar-refractivity contribution in [3.63, 3.8) is 0 Å². The van der Waals surface area contributed by atoms with Gasteiger partial charge in [-0.2, -0.15) is 0 Å². The van der Waals surface area contributed by atoms with Crippen LogP contribution in [0.3, 0.4) is 0 Å². The fourth-order valence-corrected chi connectivity index (χ4v) is 3.20. The summed E-state index contributed by atoms with van der Waals surface area (Å²) < 4.78 is 12.3. The van der Waals surface area contributed by atoms with Gasteiger partial charge in [0, 0.05) is 28.6 Å². The summed E-state index contributed by atoms with van der Waals surface area (Å²) >= 11 is 3.58. The summed E-state index contributed by atoms with van der Waals surface area (Å²) in [5, 5.41) is 0. The number of nitrogens with two attached hydrogens (primary N) is 1. The van der Waals surface area contributed by atoms with E-state index in [0.717, 1.165) is 40.8 Å². The molecule has 1 aliphatic heterocycles. The number of hydrogen-bond donors (Lipinski definition) is 1. The zero-order chi connectivity index (χ0) is 14.0. The normalized spacial score (nSPS) is 24.5. The second kappa shape index (κ2) is 6.25. The fraction of sp³-hybridized carbons (Fsp3) is 0.600. The molecule has 0 aliphatic carbocycles. The molecule has 0 bridgehead atoms. The Kier molecular flexibility index (Phi) is 4.87. The van der Waals surface area contributed by atoms with Gasteiger partial charge in [-0.25, -0.2) is 0 Å². The second-order valence-electron chi connectivity index (χ2n) is 5.14. The molecule has 1 heterocycles. The Labute approximate surface area is 123 Å². The van der Waals surface area contributed by atoms with Gasteiger partial charge in [-0.3, -0.25) is 0 Å². The number of methoxy groups -OCH3 is 1. The lowest BCUT2D eigenvalue weighted by Crippen LogP contribution is -2.28. The van der Waals surface area contributed by atoms with Crippen LogP contribution < -0.4 is 10.5 Å². The Morgan fingerprint density at radius 3 is 2.89 bits per heavy atom. The van der Waals surface area contributed by atoms with Gasteiger partial charge < -0.3 is 15.2 Å². The summed E-state index contributed by atoms with van der Waals surface area (Å²) in [5.41, 5.74) is 8.70.